The molecule has 3 unspecified atom stereocenters. The SMILES string of the molecule is CCn1nc(C)cc1CC(C)(C)C1CCC(C)CC1N. The number of aromatic nitrogens is 2. The van der Waals surface area contributed by atoms with Crippen molar-refractivity contribution in [2.45, 2.75) is 72.9 Å². The third-order valence-electron chi connectivity index (χ3n) is 5.09. The number of nitrogens with two attached hydrogens (primary N) is 1. The Balaban J connectivity index is 2.13. The van der Waals surface area contributed by atoms with Crippen LogP contribution >= 0.6 is 0 Å². The first-order valence-electron chi connectivity index (χ1n) is 8.12. The summed E-state index contributed by atoms with van der Waals surface area (Å²) in [6.45, 7) is 12.3. The van der Waals surface area contributed by atoms with Crippen molar-refractivity contribution >= 4 is 0 Å². The van der Waals surface area contributed by atoms with E-state index in [2.05, 4.69) is 50.5 Å². The number of rotatable bonds is 4. The normalized spacial score (nSPS) is 27.8. The van der Waals surface area contributed by atoms with Crippen molar-refractivity contribution in [1.29, 1.82) is 0 Å². The summed E-state index contributed by atoms with van der Waals surface area (Å²) in [5.74, 6) is 1.42. The van der Waals surface area contributed by atoms with Crippen LogP contribution in [0.15, 0.2) is 6.07 Å². The first-order chi connectivity index (χ1) is 9.33. The van der Waals surface area contributed by atoms with Crippen LogP contribution in [0.4, 0.5) is 0 Å². The predicted octanol–water partition coefficient (Wildman–Crippen LogP) is 3.54. The van der Waals surface area contributed by atoms with Gasteiger partial charge < -0.3 is 5.73 Å². The van der Waals surface area contributed by atoms with Crippen molar-refractivity contribution in [3.05, 3.63) is 17.5 Å². The van der Waals surface area contributed by atoms with Crippen molar-refractivity contribution < 1.29 is 0 Å². The number of hydrogen-bond acceptors (Lipinski definition) is 2. The average molecular weight is 277 g/mol. The van der Waals surface area contributed by atoms with Crippen LogP contribution in [-0.4, -0.2) is 15.8 Å². The fraction of sp³-hybridized carbons (Fsp3) is 0.824. The van der Waals surface area contributed by atoms with Gasteiger partial charge in [0, 0.05) is 18.3 Å². The smallest absolute Gasteiger partial charge is 0.0596 e. The molecule has 3 heteroatoms. The van der Waals surface area contributed by atoms with Crippen LogP contribution in [0.3, 0.4) is 0 Å². The molecule has 2 N–H and O–H groups in total. The van der Waals surface area contributed by atoms with Gasteiger partial charge in [-0.2, -0.15) is 5.10 Å². The lowest BCUT2D eigenvalue weighted by molar-refractivity contribution is 0.111. The lowest BCUT2D eigenvalue weighted by atomic mass is 9.65. The molecule has 1 heterocycles. The molecule has 0 amide bonds. The van der Waals surface area contributed by atoms with Gasteiger partial charge in [0.2, 0.25) is 0 Å². The molecule has 0 radical (unpaired) electrons. The van der Waals surface area contributed by atoms with E-state index in [1.165, 1.54) is 25.0 Å². The number of nitrogens with zero attached hydrogens (tertiary/aromatic N) is 2. The third kappa shape index (κ3) is 3.25. The summed E-state index contributed by atoms with van der Waals surface area (Å²) in [4.78, 5) is 0. The van der Waals surface area contributed by atoms with Gasteiger partial charge in [0.15, 0.2) is 0 Å². The quantitative estimate of drug-likeness (QED) is 0.914. The largest absolute Gasteiger partial charge is 0.327 e. The summed E-state index contributed by atoms with van der Waals surface area (Å²) in [6, 6.07) is 2.59. The first-order valence-corrected chi connectivity index (χ1v) is 8.12. The zero-order chi connectivity index (χ0) is 14.9. The molecule has 114 valence electrons. The standard InChI is InChI=1S/C17H31N3/c1-6-20-14(10-13(3)19-20)11-17(4,5)15-8-7-12(2)9-16(15)18/h10,12,15-16H,6-9,11,18H2,1-5H3. The molecule has 3 atom stereocenters. The summed E-state index contributed by atoms with van der Waals surface area (Å²) in [6.07, 6.45) is 4.86. The lowest BCUT2D eigenvalue weighted by Gasteiger charge is -2.43. The molecule has 2 rings (SSSR count). The highest BCUT2D eigenvalue weighted by atomic mass is 15.3. The van der Waals surface area contributed by atoms with Crippen molar-refractivity contribution in [3.8, 4) is 0 Å². The van der Waals surface area contributed by atoms with Crippen LogP contribution in [0.1, 0.15) is 58.3 Å². The molecule has 3 nitrogen and oxygen atoms in total. The molecule has 0 bridgehead atoms. The van der Waals surface area contributed by atoms with E-state index in [9.17, 15) is 0 Å². The van der Waals surface area contributed by atoms with Gasteiger partial charge in [-0.3, -0.25) is 4.68 Å². The Morgan fingerprint density at radius 2 is 2.10 bits per heavy atom. The molecule has 1 aromatic heterocycles. The summed E-state index contributed by atoms with van der Waals surface area (Å²) in [5, 5.41) is 4.57. The monoisotopic (exact) mass is 277 g/mol. The van der Waals surface area contributed by atoms with Crippen molar-refractivity contribution in [2.24, 2.45) is 23.0 Å². The van der Waals surface area contributed by atoms with Crippen LogP contribution in [0, 0.1) is 24.2 Å². The van der Waals surface area contributed by atoms with Crippen LogP contribution < -0.4 is 5.73 Å². The molecule has 1 saturated carbocycles. The third-order valence-corrected chi connectivity index (χ3v) is 5.09. The van der Waals surface area contributed by atoms with Crippen molar-refractivity contribution in [1.82, 2.24) is 9.78 Å². The van der Waals surface area contributed by atoms with Crippen LogP contribution in [0.5, 0.6) is 0 Å². The van der Waals surface area contributed by atoms with Crippen LogP contribution in [0.2, 0.25) is 0 Å². The minimum atomic E-state index is 0.249. The second-order valence-electron chi connectivity index (χ2n) is 7.45. The summed E-state index contributed by atoms with van der Waals surface area (Å²) >= 11 is 0. The maximum absolute atomic E-state index is 6.46. The number of aryl methyl sites for hydroxylation is 2. The van der Waals surface area contributed by atoms with Gasteiger partial charge in [-0.15, -0.1) is 0 Å². The average Bonchev–Trinajstić information content (AvgIpc) is 2.67. The van der Waals surface area contributed by atoms with Gasteiger partial charge in [-0.25, -0.2) is 0 Å². The molecule has 1 aromatic rings. The molecule has 1 aliphatic rings. The van der Waals surface area contributed by atoms with E-state index in [4.69, 9.17) is 5.73 Å². The molecule has 20 heavy (non-hydrogen) atoms. The molecule has 0 aliphatic heterocycles. The molecular weight excluding hydrogens is 246 g/mol. The van der Waals surface area contributed by atoms with E-state index in [1.54, 1.807) is 0 Å². The van der Waals surface area contributed by atoms with Gasteiger partial charge in [0.1, 0.15) is 0 Å². The first kappa shape index (κ1) is 15.6. The Morgan fingerprint density at radius 1 is 1.40 bits per heavy atom. The van der Waals surface area contributed by atoms with Crippen LogP contribution in [-0.2, 0) is 13.0 Å². The topological polar surface area (TPSA) is 43.8 Å². The van der Waals surface area contributed by atoms with Gasteiger partial charge in [-0.1, -0.05) is 27.2 Å². The van der Waals surface area contributed by atoms with E-state index < -0.39 is 0 Å². The van der Waals surface area contributed by atoms with Gasteiger partial charge in [0.25, 0.3) is 0 Å². The molecule has 0 saturated heterocycles. The Labute approximate surface area is 123 Å². The Hall–Kier alpha value is -0.830. The second kappa shape index (κ2) is 5.88. The molecule has 0 aromatic carbocycles. The maximum Gasteiger partial charge on any atom is 0.0596 e. The zero-order valence-corrected chi connectivity index (χ0v) is 13.8. The fourth-order valence-electron chi connectivity index (χ4n) is 4.01. The fourth-order valence-corrected chi connectivity index (χ4v) is 4.01. The van der Waals surface area contributed by atoms with Crippen molar-refractivity contribution in [3.63, 3.8) is 0 Å². The van der Waals surface area contributed by atoms with Gasteiger partial charge in [-0.05, 0) is 56.4 Å². The molecule has 1 fully saturated rings. The highest BCUT2D eigenvalue weighted by molar-refractivity contribution is 5.12. The summed E-state index contributed by atoms with van der Waals surface area (Å²) in [7, 11) is 0. The molecule has 1 aliphatic carbocycles. The van der Waals surface area contributed by atoms with E-state index >= 15 is 0 Å². The van der Waals surface area contributed by atoms with Crippen molar-refractivity contribution in [2.75, 3.05) is 0 Å². The van der Waals surface area contributed by atoms with E-state index in [0.29, 0.717) is 12.0 Å². The summed E-state index contributed by atoms with van der Waals surface area (Å²) < 4.78 is 2.15. The highest BCUT2D eigenvalue weighted by Crippen LogP contribution is 2.41. The zero-order valence-electron chi connectivity index (χ0n) is 13.8. The highest BCUT2D eigenvalue weighted by Gasteiger charge is 2.37. The van der Waals surface area contributed by atoms with Gasteiger partial charge in [0.05, 0.1) is 5.69 Å². The van der Waals surface area contributed by atoms with E-state index in [1.807, 2.05) is 0 Å². The Bertz CT molecular complexity index is 447. The second-order valence-corrected chi connectivity index (χ2v) is 7.45. The molecular formula is C17H31N3. The predicted molar refractivity (Wildman–Crippen MR) is 84.6 cm³/mol. The maximum atomic E-state index is 6.46. The number of hydrogen-bond donors (Lipinski definition) is 1. The Morgan fingerprint density at radius 3 is 2.70 bits per heavy atom. The lowest BCUT2D eigenvalue weighted by Crippen LogP contribution is -2.44. The minimum absolute atomic E-state index is 0.249. The van der Waals surface area contributed by atoms with Gasteiger partial charge >= 0.3 is 0 Å². The molecule has 0 spiro atoms. The van der Waals surface area contributed by atoms with E-state index in [-0.39, 0.29) is 5.41 Å². The Kier molecular flexibility index (Phi) is 4.58. The van der Waals surface area contributed by atoms with E-state index in [0.717, 1.165) is 24.6 Å². The minimum Gasteiger partial charge on any atom is -0.327 e. The van der Waals surface area contributed by atoms with Crippen LogP contribution in [0.25, 0.3) is 0 Å². The summed E-state index contributed by atoms with van der Waals surface area (Å²) in [5.41, 5.74) is 9.20.